The first-order valence-corrected chi connectivity index (χ1v) is 24.0. The van der Waals surface area contributed by atoms with Crippen molar-refractivity contribution in [2.45, 2.75) is 29.3 Å². The fraction of sp³-hybridized carbons (Fsp3) is 0.0625. The van der Waals surface area contributed by atoms with E-state index in [0.29, 0.717) is 5.92 Å². The highest BCUT2D eigenvalue weighted by atomic mass is 32.2. The summed E-state index contributed by atoms with van der Waals surface area (Å²) in [6.45, 7) is 0. The van der Waals surface area contributed by atoms with Crippen LogP contribution in [-0.4, -0.2) is 6.10 Å². The molecular weight excluding hydrogens is 817 g/mol. The van der Waals surface area contributed by atoms with Crippen LogP contribution in [0.15, 0.2) is 234 Å². The summed E-state index contributed by atoms with van der Waals surface area (Å²) in [5.41, 5.74) is 15.5. The molecule has 10 aromatic carbocycles. The molecule has 0 spiro atoms. The summed E-state index contributed by atoms with van der Waals surface area (Å²) in [6, 6.07) is 71.8. The average Bonchev–Trinajstić information content (AvgIpc) is 3.95. The zero-order valence-electron chi connectivity index (χ0n) is 36.1. The molecular formula is C64H42OS. The van der Waals surface area contributed by atoms with Crippen LogP contribution in [0.4, 0.5) is 0 Å². The van der Waals surface area contributed by atoms with Crippen LogP contribution in [0, 0.1) is 0 Å². The van der Waals surface area contributed by atoms with Gasteiger partial charge in [0, 0.05) is 16.4 Å². The molecule has 0 bridgehead atoms. The van der Waals surface area contributed by atoms with Crippen molar-refractivity contribution in [1.29, 1.82) is 0 Å². The van der Waals surface area contributed by atoms with Gasteiger partial charge in [0.1, 0.15) is 11.9 Å². The molecule has 2 aliphatic heterocycles. The second-order valence-corrected chi connectivity index (χ2v) is 19.2. The van der Waals surface area contributed by atoms with Crippen LogP contribution in [0.25, 0.3) is 87.6 Å². The highest BCUT2D eigenvalue weighted by Gasteiger charge is 2.39. The van der Waals surface area contributed by atoms with E-state index in [2.05, 4.69) is 225 Å². The Bertz CT molecular complexity index is 3680. The van der Waals surface area contributed by atoms with Gasteiger partial charge in [-0.15, -0.1) is 0 Å². The maximum absolute atomic E-state index is 7.05. The van der Waals surface area contributed by atoms with Gasteiger partial charge in [-0.05, 0) is 140 Å². The molecule has 0 saturated carbocycles. The lowest BCUT2D eigenvalue weighted by atomic mass is 9.75. The van der Waals surface area contributed by atoms with Gasteiger partial charge in [-0.2, -0.15) is 0 Å². The molecule has 0 amide bonds. The van der Waals surface area contributed by atoms with Crippen molar-refractivity contribution in [2.24, 2.45) is 0 Å². The Morgan fingerprint density at radius 3 is 1.56 bits per heavy atom. The van der Waals surface area contributed by atoms with Gasteiger partial charge in [-0.25, -0.2) is 0 Å². The number of allylic oxidation sites excluding steroid dienone is 6. The van der Waals surface area contributed by atoms with Crippen molar-refractivity contribution in [3.63, 3.8) is 0 Å². The molecule has 66 heavy (non-hydrogen) atoms. The van der Waals surface area contributed by atoms with Crippen LogP contribution >= 0.6 is 11.8 Å². The lowest BCUT2D eigenvalue weighted by molar-refractivity contribution is 0.272. The molecule has 0 saturated heterocycles. The highest BCUT2D eigenvalue weighted by molar-refractivity contribution is 8.03. The lowest BCUT2D eigenvalue weighted by Crippen LogP contribution is -2.19. The minimum absolute atomic E-state index is 0.0517. The first-order valence-electron chi connectivity index (χ1n) is 23.2. The molecule has 0 radical (unpaired) electrons. The van der Waals surface area contributed by atoms with Gasteiger partial charge in [0.25, 0.3) is 0 Å². The molecule has 310 valence electrons. The van der Waals surface area contributed by atoms with Gasteiger partial charge in [-0.1, -0.05) is 212 Å². The first-order chi connectivity index (χ1) is 32.7. The Hall–Kier alpha value is -7.65. The topological polar surface area (TPSA) is 9.23 Å². The Labute approximate surface area is 388 Å². The monoisotopic (exact) mass is 858 g/mol. The number of rotatable bonds is 5. The van der Waals surface area contributed by atoms with Gasteiger partial charge in [0.2, 0.25) is 0 Å². The van der Waals surface area contributed by atoms with Crippen LogP contribution in [0.1, 0.15) is 40.5 Å². The smallest absolute Gasteiger partial charge is 0.128 e. The maximum Gasteiger partial charge on any atom is 0.128 e. The SMILES string of the molecule is C1=CC2Oc3cc(-c4c5ccccc5c(-c5ccccc5)c5ccccc45)ccc3C2C(c2c3ccccc3c(C3=CC=C4Sc5ccc(-c6ccccc6)cc5C4C3)c3ccccc23)=C1. The number of benzene rings is 10. The quantitative estimate of drug-likeness (QED) is 0.160. The van der Waals surface area contributed by atoms with Crippen molar-refractivity contribution < 1.29 is 4.74 Å². The van der Waals surface area contributed by atoms with E-state index in [1.807, 2.05) is 11.8 Å². The van der Waals surface area contributed by atoms with Gasteiger partial charge >= 0.3 is 0 Å². The molecule has 4 aliphatic rings. The van der Waals surface area contributed by atoms with E-state index in [9.17, 15) is 0 Å². The van der Waals surface area contributed by atoms with Crippen LogP contribution in [-0.2, 0) is 0 Å². The molecule has 2 aliphatic carbocycles. The van der Waals surface area contributed by atoms with Crippen molar-refractivity contribution in [1.82, 2.24) is 0 Å². The summed E-state index contributed by atoms with van der Waals surface area (Å²) in [4.78, 5) is 2.83. The molecule has 0 fully saturated rings. The van der Waals surface area contributed by atoms with Crippen molar-refractivity contribution in [3.8, 4) is 39.1 Å². The molecule has 1 nitrogen and oxygen atoms in total. The summed E-state index contributed by atoms with van der Waals surface area (Å²) < 4.78 is 7.05. The number of ether oxygens (including phenoxy) is 1. The van der Waals surface area contributed by atoms with E-state index >= 15 is 0 Å². The van der Waals surface area contributed by atoms with Crippen LogP contribution in [0.3, 0.4) is 0 Å². The van der Waals surface area contributed by atoms with Crippen LogP contribution < -0.4 is 4.74 Å². The number of thioether (sulfide) groups is 1. The predicted octanol–water partition coefficient (Wildman–Crippen LogP) is 17.4. The minimum Gasteiger partial charge on any atom is -0.485 e. The largest absolute Gasteiger partial charge is 0.485 e. The van der Waals surface area contributed by atoms with Gasteiger partial charge < -0.3 is 4.74 Å². The van der Waals surface area contributed by atoms with Gasteiger partial charge in [0.15, 0.2) is 0 Å². The normalized spacial score (nSPS) is 18.1. The standard InChI is InChI=1S/C64H42OS/c1-3-16-39(17-4-1)41-31-34-58-54(36-41)55-37-42(32-35-59(55)66-58)61-48-24-11-13-26-50(48)63(51-27-14-12-25-49(51)61)53-28-15-29-56-64(53)52-33-30-43(38-57(52)65-56)62-46-22-9-7-20-44(46)60(40-18-5-2-6-19-40)45-21-8-10-23-47(45)62/h1-36,38,55-56,64H,37H2. The number of fused-ring (bicyclic) bond motifs is 10. The second-order valence-electron chi connectivity index (χ2n) is 18.1. The third-order valence-electron chi connectivity index (χ3n) is 14.6. The van der Waals surface area contributed by atoms with Crippen LogP contribution in [0.2, 0.25) is 0 Å². The third kappa shape index (κ3) is 5.74. The minimum atomic E-state index is -0.105. The van der Waals surface area contributed by atoms with Crippen molar-refractivity contribution >= 4 is 66.0 Å². The molecule has 14 rings (SSSR count). The fourth-order valence-electron chi connectivity index (χ4n) is 11.8. The predicted molar refractivity (Wildman–Crippen MR) is 279 cm³/mol. The Morgan fingerprint density at radius 2 is 0.939 bits per heavy atom. The zero-order valence-corrected chi connectivity index (χ0v) is 36.9. The van der Waals surface area contributed by atoms with E-state index in [-0.39, 0.29) is 12.0 Å². The van der Waals surface area contributed by atoms with Gasteiger partial charge in [0.05, 0.1) is 5.92 Å². The first kappa shape index (κ1) is 37.7. The summed E-state index contributed by atoms with van der Waals surface area (Å²) >= 11 is 1.94. The number of hydrogen-bond acceptors (Lipinski definition) is 2. The summed E-state index contributed by atoms with van der Waals surface area (Å²) in [5.74, 6) is 1.36. The van der Waals surface area contributed by atoms with Crippen molar-refractivity contribution in [2.75, 3.05) is 0 Å². The highest BCUT2D eigenvalue weighted by Crippen LogP contribution is 2.57. The molecule has 3 atom stereocenters. The van der Waals surface area contributed by atoms with E-state index in [4.69, 9.17) is 4.74 Å². The fourth-order valence-corrected chi connectivity index (χ4v) is 13.0. The lowest BCUT2D eigenvalue weighted by Gasteiger charge is -2.27. The van der Waals surface area contributed by atoms with E-state index in [1.54, 1.807) is 0 Å². The maximum atomic E-state index is 7.05. The Balaban J connectivity index is 0.884. The number of hydrogen-bond donors (Lipinski definition) is 0. The van der Waals surface area contributed by atoms with E-state index in [0.717, 1.165) is 12.2 Å². The van der Waals surface area contributed by atoms with E-state index in [1.165, 1.54) is 120 Å². The Morgan fingerprint density at radius 1 is 0.409 bits per heavy atom. The summed E-state index contributed by atoms with van der Waals surface area (Å²) in [7, 11) is 0. The average molecular weight is 859 g/mol. The van der Waals surface area contributed by atoms with Crippen molar-refractivity contribution in [3.05, 3.63) is 252 Å². The molecule has 2 heteroatoms. The second kappa shape index (κ2) is 15.0. The zero-order chi connectivity index (χ0) is 43.3. The van der Waals surface area contributed by atoms with E-state index < -0.39 is 0 Å². The van der Waals surface area contributed by atoms with Crippen LogP contribution in [0.5, 0.6) is 5.75 Å². The van der Waals surface area contributed by atoms with Gasteiger partial charge in [-0.3, -0.25) is 0 Å². The third-order valence-corrected chi connectivity index (χ3v) is 15.9. The molecule has 10 aromatic rings. The summed E-state index contributed by atoms with van der Waals surface area (Å²) in [5, 5.41) is 10.2. The molecule has 0 N–H and O–H groups in total. The summed E-state index contributed by atoms with van der Waals surface area (Å²) in [6.07, 6.45) is 12.5. The Kier molecular flexibility index (Phi) is 8.54. The molecule has 0 aromatic heterocycles. The molecule has 3 unspecified atom stereocenters. The molecule has 2 heterocycles.